The molecule has 0 spiro atoms. The summed E-state index contributed by atoms with van der Waals surface area (Å²) in [5.41, 5.74) is 2.69. The Bertz CT molecular complexity index is 1820. The topological polar surface area (TPSA) is 111 Å². The van der Waals surface area contributed by atoms with Crippen molar-refractivity contribution < 1.29 is 46.6 Å². The van der Waals surface area contributed by atoms with Crippen LogP contribution in [0.1, 0.15) is 54.1 Å². The van der Waals surface area contributed by atoms with Gasteiger partial charge in [0.1, 0.15) is 0 Å². The molecular weight excluding hydrogens is 677 g/mol. The summed E-state index contributed by atoms with van der Waals surface area (Å²) in [5, 5.41) is 2.88. The molecule has 4 aromatic rings. The Kier molecular flexibility index (Phi) is 12.3. The van der Waals surface area contributed by atoms with Crippen LogP contribution in [0.15, 0.2) is 103 Å². The average Bonchev–Trinajstić information content (AvgIpc) is 3.15. The van der Waals surface area contributed by atoms with E-state index in [-0.39, 0.29) is 19.1 Å². The first kappa shape index (κ1) is 37.6. The summed E-state index contributed by atoms with van der Waals surface area (Å²) in [6.07, 6.45) is -5.07. The van der Waals surface area contributed by atoms with Crippen molar-refractivity contribution in [2.24, 2.45) is 5.92 Å². The molecule has 0 bridgehead atoms. The van der Waals surface area contributed by atoms with Gasteiger partial charge >= 0.3 is 24.1 Å². The van der Waals surface area contributed by atoms with Crippen molar-refractivity contribution in [3.8, 4) is 11.1 Å². The maximum Gasteiger partial charge on any atom is 0.416 e. The lowest BCUT2D eigenvalue weighted by molar-refractivity contribution is -0.181. The second-order valence-corrected chi connectivity index (χ2v) is 12.2. The number of alkyl halides is 3. The van der Waals surface area contributed by atoms with Crippen LogP contribution >= 0.6 is 0 Å². The zero-order valence-electron chi connectivity index (χ0n) is 28.7. The molecule has 5 rings (SSSR count). The van der Waals surface area contributed by atoms with Crippen molar-refractivity contribution in [2.45, 2.75) is 44.9 Å². The summed E-state index contributed by atoms with van der Waals surface area (Å²) in [5.74, 6) is -3.98. The fourth-order valence-electron chi connectivity index (χ4n) is 6.30. The molecule has 1 aliphatic heterocycles. The average molecular weight is 717 g/mol. The van der Waals surface area contributed by atoms with Gasteiger partial charge in [0.25, 0.3) is 12.0 Å². The van der Waals surface area contributed by atoms with Crippen LogP contribution in [0.2, 0.25) is 0 Å². The largest absolute Gasteiger partial charge is 0.463 e. The number of carbonyl (C=O) groups excluding carboxylic acids is 4. The van der Waals surface area contributed by atoms with Crippen LogP contribution in [0.3, 0.4) is 0 Å². The fraction of sp³-hybridized carbons (Fsp3) is 0.300. The molecule has 0 aromatic heterocycles. The number of hydrogen-bond donors (Lipinski definition) is 1. The van der Waals surface area contributed by atoms with Gasteiger partial charge in [0.15, 0.2) is 0 Å². The van der Waals surface area contributed by atoms with Gasteiger partial charge < -0.3 is 24.4 Å². The summed E-state index contributed by atoms with van der Waals surface area (Å²) >= 11 is 0. The van der Waals surface area contributed by atoms with E-state index in [1.165, 1.54) is 12.1 Å². The molecule has 272 valence electrons. The van der Waals surface area contributed by atoms with Crippen molar-refractivity contribution >= 4 is 35.2 Å². The molecule has 4 aromatic carbocycles. The molecule has 52 heavy (non-hydrogen) atoms. The van der Waals surface area contributed by atoms with Crippen LogP contribution < -0.4 is 10.2 Å². The zero-order valence-corrected chi connectivity index (χ0v) is 28.7. The maximum absolute atomic E-state index is 13.7. The maximum atomic E-state index is 13.7. The number of esters is 3. The molecule has 1 saturated heterocycles. The highest BCUT2D eigenvalue weighted by Gasteiger charge is 2.40. The third-order valence-electron chi connectivity index (χ3n) is 8.84. The Morgan fingerprint density at radius 3 is 1.90 bits per heavy atom. The quantitative estimate of drug-likeness (QED) is 0.0904. The van der Waals surface area contributed by atoms with Gasteiger partial charge in [-0.05, 0) is 91.8 Å². The minimum atomic E-state index is -4.46. The van der Waals surface area contributed by atoms with E-state index < -0.39 is 47.6 Å². The summed E-state index contributed by atoms with van der Waals surface area (Å²) in [7, 11) is 0. The van der Waals surface area contributed by atoms with Crippen LogP contribution in [0.25, 0.3) is 11.1 Å². The monoisotopic (exact) mass is 716 g/mol. The van der Waals surface area contributed by atoms with Gasteiger partial charge in [-0.3, -0.25) is 9.59 Å². The third kappa shape index (κ3) is 9.17. The molecule has 1 atom stereocenters. The second-order valence-electron chi connectivity index (χ2n) is 12.2. The van der Waals surface area contributed by atoms with E-state index in [0.717, 1.165) is 17.8 Å². The van der Waals surface area contributed by atoms with Crippen LogP contribution in [0.5, 0.6) is 0 Å². The first-order valence-electron chi connectivity index (χ1n) is 17.0. The van der Waals surface area contributed by atoms with Crippen molar-refractivity contribution in [1.29, 1.82) is 0 Å². The van der Waals surface area contributed by atoms with Gasteiger partial charge in [0, 0.05) is 30.0 Å². The highest BCUT2D eigenvalue weighted by Crippen LogP contribution is 2.36. The standard InChI is InChI=1S/C40H39F3N2O7/c1-3-50-38(48)35(39(49)51-4-2)52-37(47)34(27-10-6-5-7-11-27)28-22-24-45(25-23-28)31-20-18-30(19-21-31)44-36(46)33-13-9-8-12-32(33)26-14-16-29(17-15-26)40(41,42)43/h5-21,28,34-35H,3-4,22-25H2,1-2H3,(H,44,46). The number of ether oxygens (including phenoxy) is 3. The van der Waals surface area contributed by atoms with Gasteiger partial charge in [-0.2, -0.15) is 13.2 Å². The van der Waals surface area contributed by atoms with Gasteiger partial charge in [-0.25, -0.2) is 9.59 Å². The van der Waals surface area contributed by atoms with Crippen molar-refractivity contribution in [1.82, 2.24) is 0 Å². The highest BCUT2D eigenvalue weighted by molar-refractivity contribution is 6.08. The van der Waals surface area contributed by atoms with Gasteiger partial charge in [-0.1, -0.05) is 60.7 Å². The minimum absolute atomic E-state index is 0.0000504. The number of halogens is 3. The van der Waals surface area contributed by atoms with Crippen LogP contribution in [0.4, 0.5) is 24.5 Å². The summed E-state index contributed by atoms with van der Waals surface area (Å²) in [6.45, 7) is 4.38. The number of rotatable bonds is 12. The Labute approximate surface area is 299 Å². The lowest BCUT2D eigenvalue weighted by atomic mass is 9.80. The van der Waals surface area contributed by atoms with E-state index in [4.69, 9.17) is 14.2 Å². The molecule has 1 heterocycles. The number of carbonyl (C=O) groups is 4. The lowest BCUT2D eigenvalue weighted by Crippen LogP contribution is -2.42. The Morgan fingerprint density at radius 1 is 0.750 bits per heavy atom. The molecule has 1 amide bonds. The number of piperidine rings is 1. The summed E-state index contributed by atoms with van der Waals surface area (Å²) in [4.78, 5) is 54.2. The molecule has 0 aliphatic carbocycles. The molecule has 0 saturated carbocycles. The predicted molar refractivity (Wildman–Crippen MR) is 189 cm³/mol. The summed E-state index contributed by atoms with van der Waals surface area (Å²) < 4.78 is 54.7. The third-order valence-corrected chi connectivity index (χ3v) is 8.84. The fourth-order valence-corrected chi connectivity index (χ4v) is 6.30. The van der Waals surface area contributed by atoms with E-state index >= 15 is 0 Å². The highest BCUT2D eigenvalue weighted by atomic mass is 19.4. The van der Waals surface area contributed by atoms with Crippen LogP contribution in [-0.2, 0) is 34.8 Å². The van der Waals surface area contributed by atoms with Gasteiger partial charge in [0.2, 0.25) is 0 Å². The minimum Gasteiger partial charge on any atom is -0.463 e. The van der Waals surface area contributed by atoms with Crippen molar-refractivity contribution in [2.75, 3.05) is 36.5 Å². The molecule has 1 N–H and O–H groups in total. The first-order valence-corrected chi connectivity index (χ1v) is 17.0. The molecule has 1 aliphatic rings. The number of amides is 1. The smallest absolute Gasteiger partial charge is 0.416 e. The predicted octanol–water partition coefficient (Wildman–Crippen LogP) is 7.66. The SMILES string of the molecule is CCOC(=O)C(OC(=O)C(c1ccccc1)C1CCN(c2ccc(NC(=O)c3ccccc3-c3ccc(C(F)(F)F)cc3)cc2)CC1)C(=O)OCC. The van der Waals surface area contributed by atoms with E-state index in [2.05, 4.69) is 10.2 Å². The van der Waals surface area contributed by atoms with Crippen LogP contribution in [-0.4, -0.2) is 56.2 Å². The van der Waals surface area contributed by atoms with Gasteiger partial charge in [-0.15, -0.1) is 0 Å². The number of nitrogens with zero attached hydrogens (tertiary/aromatic N) is 1. The molecule has 12 heteroatoms. The lowest BCUT2D eigenvalue weighted by Gasteiger charge is -2.37. The van der Waals surface area contributed by atoms with E-state index in [0.29, 0.717) is 53.9 Å². The number of benzene rings is 4. The second kappa shape index (κ2) is 17.0. The van der Waals surface area contributed by atoms with E-state index in [9.17, 15) is 32.3 Å². The van der Waals surface area contributed by atoms with E-state index in [1.54, 1.807) is 50.2 Å². The Balaban J connectivity index is 1.24. The van der Waals surface area contributed by atoms with Crippen LogP contribution in [0, 0.1) is 5.92 Å². The number of anilines is 2. The normalized spacial score (nSPS) is 14.0. The number of nitrogens with one attached hydrogen (secondary N) is 1. The van der Waals surface area contributed by atoms with Crippen molar-refractivity contribution in [3.63, 3.8) is 0 Å². The van der Waals surface area contributed by atoms with Crippen molar-refractivity contribution in [3.05, 3.63) is 120 Å². The Morgan fingerprint density at radius 2 is 1.33 bits per heavy atom. The molecule has 1 fully saturated rings. The molecule has 9 nitrogen and oxygen atoms in total. The number of hydrogen-bond acceptors (Lipinski definition) is 8. The molecule has 0 radical (unpaired) electrons. The zero-order chi connectivity index (χ0) is 37.3. The molecule has 1 unspecified atom stereocenters. The van der Waals surface area contributed by atoms with Gasteiger partial charge in [0.05, 0.1) is 24.7 Å². The molecular formula is C40H39F3N2O7. The summed E-state index contributed by atoms with van der Waals surface area (Å²) in [6, 6.07) is 27.8. The first-order chi connectivity index (χ1) is 25.0. The van der Waals surface area contributed by atoms with E-state index in [1.807, 2.05) is 42.5 Å². The Hall–Kier alpha value is -5.65.